The summed E-state index contributed by atoms with van der Waals surface area (Å²) >= 11 is 0. The van der Waals surface area contributed by atoms with Gasteiger partial charge in [0.2, 0.25) is 0 Å². The average molecular weight is 405 g/mol. The van der Waals surface area contributed by atoms with Gasteiger partial charge in [-0.2, -0.15) is 0 Å². The lowest BCUT2D eigenvalue weighted by atomic mass is 9.68. The molecule has 30 heavy (non-hydrogen) atoms. The van der Waals surface area contributed by atoms with E-state index in [2.05, 4.69) is 43.9 Å². The second-order valence-electron chi connectivity index (χ2n) is 8.40. The maximum atomic E-state index is 10.9. The summed E-state index contributed by atoms with van der Waals surface area (Å²) in [6.45, 7) is 0. The maximum absolute atomic E-state index is 10.9. The quantitative estimate of drug-likeness (QED) is 0.803. The van der Waals surface area contributed by atoms with Crippen molar-refractivity contribution in [2.45, 2.75) is 12.2 Å². The molecular weight excluding hydrogens is 376 g/mol. The molecular formula is C24H28N4O2. The SMILES string of the molecule is CN1C(=CC2C(O)C(C=C3N(C)c4ccccc4N3C)C2O)N(C)c2ccccc21. The second kappa shape index (κ2) is 6.79. The third-order valence-electron chi connectivity index (χ3n) is 6.84. The lowest BCUT2D eigenvalue weighted by molar-refractivity contribution is -0.110. The van der Waals surface area contributed by atoms with Gasteiger partial charge in [0.1, 0.15) is 11.6 Å². The molecule has 1 fully saturated rings. The van der Waals surface area contributed by atoms with Crippen LogP contribution in [0.15, 0.2) is 72.3 Å². The van der Waals surface area contributed by atoms with E-state index in [0.29, 0.717) is 0 Å². The van der Waals surface area contributed by atoms with Crippen molar-refractivity contribution in [1.29, 1.82) is 0 Å². The molecule has 0 bridgehead atoms. The monoisotopic (exact) mass is 404 g/mol. The van der Waals surface area contributed by atoms with Crippen LogP contribution in [0.3, 0.4) is 0 Å². The third-order valence-corrected chi connectivity index (χ3v) is 6.84. The molecule has 2 aromatic rings. The van der Waals surface area contributed by atoms with Gasteiger partial charge >= 0.3 is 0 Å². The molecule has 0 saturated heterocycles. The first-order valence-electron chi connectivity index (χ1n) is 10.3. The molecule has 3 aliphatic rings. The van der Waals surface area contributed by atoms with Gasteiger partial charge in [-0.15, -0.1) is 0 Å². The second-order valence-corrected chi connectivity index (χ2v) is 8.40. The lowest BCUT2D eigenvalue weighted by Crippen LogP contribution is -2.54. The van der Waals surface area contributed by atoms with Crippen LogP contribution in [0.4, 0.5) is 22.7 Å². The van der Waals surface area contributed by atoms with Gasteiger partial charge in [0.05, 0.1) is 35.0 Å². The Morgan fingerprint density at radius 3 is 1.10 bits per heavy atom. The molecule has 0 unspecified atom stereocenters. The number of nitrogens with zero attached hydrogens (tertiary/aromatic N) is 4. The van der Waals surface area contributed by atoms with E-state index in [0.717, 1.165) is 34.4 Å². The summed E-state index contributed by atoms with van der Waals surface area (Å²) in [7, 11) is 8.07. The molecule has 2 N–H and O–H groups in total. The van der Waals surface area contributed by atoms with Crippen molar-refractivity contribution in [3.63, 3.8) is 0 Å². The number of aliphatic hydroxyl groups is 2. The van der Waals surface area contributed by atoms with Crippen molar-refractivity contribution in [1.82, 2.24) is 0 Å². The lowest BCUT2D eigenvalue weighted by Gasteiger charge is -2.44. The summed E-state index contributed by atoms with van der Waals surface area (Å²) in [5.74, 6) is 1.35. The Bertz CT molecular complexity index is 896. The summed E-state index contributed by atoms with van der Waals surface area (Å²) in [4.78, 5) is 8.43. The Hall–Kier alpha value is -2.96. The number of rotatable bonds is 2. The fourth-order valence-corrected chi connectivity index (χ4v) is 4.96. The topological polar surface area (TPSA) is 53.4 Å². The molecule has 0 amide bonds. The van der Waals surface area contributed by atoms with E-state index in [1.54, 1.807) is 0 Å². The first-order chi connectivity index (χ1) is 14.4. The summed E-state index contributed by atoms with van der Waals surface area (Å²) in [6, 6.07) is 16.4. The van der Waals surface area contributed by atoms with E-state index in [4.69, 9.17) is 0 Å². The Morgan fingerprint density at radius 2 is 0.833 bits per heavy atom. The van der Waals surface area contributed by atoms with E-state index in [1.165, 1.54) is 0 Å². The highest BCUT2D eigenvalue weighted by molar-refractivity contribution is 5.82. The van der Waals surface area contributed by atoms with Crippen molar-refractivity contribution in [2.24, 2.45) is 11.8 Å². The first-order valence-corrected chi connectivity index (χ1v) is 10.3. The Kier molecular flexibility index (Phi) is 4.31. The molecule has 156 valence electrons. The predicted molar refractivity (Wildman–Crippen MR) is 122 cm³/mol. The Labute approximate surface area is 177 Å². The van der Waals surface area contributed by atoms with E-state index < -0.39 is 12.2 Å². The van der Waals surface area contributed by atoms with Crippen molar-refractivity contribution >= 4 is 22.7 Å². The van der Waals surface area contributed by atoms with Crippen LogP contribution in [0.2, 0.25) is 0 Å². The highest BCUT2D eigenvalue weighted by Crippen LogP contribution is 2.45. The van der Waals surface area contributed by atoms with E-state index >= 15 is 0 Å². The fourth-order valence-electron chi connectivity index (χ4n) is 4.96. The third kappa shape index (κ3) is 2.57. The zero-order chi connectivity index (χ0) is 21.2. The molecule has 6 nitrogen and oxygen atoms in total. The van der Waals surface area contributed by atoms with Gasteiger partial charge in [0, 0.05) is 40.0 Å². The molecule has 0 aromatic heterocycles. The molecule has 1 saturated carbocycles. The molecule has 5 rings (SSSR count). The molecule has 2 aliphatic heterocycles. The zero-order valence-corrected chi connectivity index (χ0v) is 17.8. The smallest absolute Gasteiger partial charge is 0.109 e. The van der Waals surface area contributed by atoms with Gasteiger partial charge in [-0.3, -0.25) is 0 Å². The number of para-hydroxylation sites is 4. The summed E-state index contributed by atoms with van der Waals surface area (Å²) in [6.07, 6.45) is 2.74. The van der Waals surface area contributed by atoms with Gasteiger partial charge in [-0.1, -0.05) is 24.3 Å². The van der Waals surface area contributed by atoms with Gasteiger partial charge in [0.25, 0.3) is 0 Å². The molecule has 1 aliphatic carbocycles. The van der Waals surface area contributed by atoms with E-state index in [-0.39, 0.29) is 11.8 Å². The van der Waals surface area contributed by atoms with Crippen LogP contribution >= 0.6 is 0 Å². The maximum Gasteiger partial charge on any atom is 0.109 e. The molecule has 6 heteroatoms. The average Bonchev–Trinajstić information content (AvgIpc) is 3.15. The largest absolute Gasteiger partial charge is 0.392 e. The Morgan fingerprint density at radius 1 is 0.567 bits per heavy atom. The van der Waals surface area contributed by atoms with Crippen LogP contribution in [0.5, 0.6) is 0 Å². The van der Waals surface area contributed by atoms with E-state index in [9.17, 15) is 10.2 Å². The van der Waals surface area contributed by atoms with Crippen molar-refractivity contribution in [3.05, 3.63) is 72.3 Å². The van der Waals surface area contributed by atoms with Gasteiger partial charge in [-0.25, -0.2) is 0 Å². The zero-order valence-electron chi connectivity index (χ0n) is 17.8. The first kappa shape index (κ1) is 19.0. The molecule has 0 radical (unpaired) electrons. The van der Waals surface area contributed by atoms with Gasteiger partial charge < -0.3 is 29.8 Å². The number of aliphatic hydroxyl groups excluding tert-OH is 2. The Balaban J connectivity index is 1.38. The van der Waals surface area contributed by atoms with Crippen LogP contribution in [-0.4, -0.2) is 50.6 Å². The van der Waals surface area contributed by atoms with Crippen molar-refractivity contribution < 1.29 is 10.2 Å². The number of anilines is 4. The normalized spacial score (nSPS) is 27.3. The number of hydrogen-bond acceptors (Lipinski definition) is 6. The minimum Gasteiger partial charge on any atom is -0.392 e. The van der Waals surface area contributed by atoms with Crippen LogP contribution in [0, 0.1) is 11.8 Å². The highest BCUT2D eigenvalue weighted by Gasteiger charge is 2.48. The minimum atomic E-state index is -0.629. The number of fused-ring (bicyclic) bond motifs is 2. The molecule has 0 spiro atoms. The van der Waals surface area contributed by atoms with Crippen molar-refractivity contribution in [2.75, 3.05) is 47.8 Å². The highest BCUT2D eigenvalue weighted by atomic mass is 16.3. The minimum absolute atomic E-state index is 0.305. The fraction of sp³-hybridized carbons (Fsp3) is 0.333. The van der Waals surface area contributed by atoms with Gasteiger partial charge in [0.15, 0.2) is 0 Å². The summed E-state index contributed by atoms with van der Waals surface area (Å²) in [5.41, 5.74) is 4.50. The summed E-state index contributed by atoms with van der Waals surface area (Å²) < 4.78 is 0. The van der Waals surface area contributed by atoms with Crippen molar-refractivity contribution in [3.8, 4) is 0 Å². The van der Waals surface area contributed by atoms with Crippen LogP contribution in [0.1, 0.15) is 0 Å². The summed E-state index contributed by atoms with van der Waals surface area (Å²) in [5, 5.41) is 21.8. The predicted octanol–water partition coefficient (Wildman–Crippen LogP) is 2.81. The molecule has 2 heterocycles. The number of hydrogen-bond donors (Lipinski definition) is 2. The van der Waals surface area contributed by atoms with Gasteiger partial charge in [-0.05, 0) is 36.4 Å². The van der Waals surface area contributed by atoms with Crippen LogP contribution in [0.25, 0.3) is 0 Å². The molecule has 0 atom stereocenters. The van der Waals surface area contributed by atoms with Crippen LogP contribution in [-0.2, 0) is 0 Å². The van der Waals surface area contributed by atoms with E-state index in [1.807, 2.05) is 64.6 Å². The standard InChI is InChI=1S/C24H28N4O2/c1-25-17-9-5-6-10-18(17)26(2)21(25)13-15-23(29)16(24(15)30)14-22-27(3)19-11-7-8-12-20(19)28(22)4/h5-16,23-24,29-30H,1-4H3. The number of benzene rings is 2. The molecule has 2 aromatic carbocycles. The van der Waals surface area contributed by atoms with Crippen LogP contribution < -0.4 is 19.6 Å².